The van der Waals surface area contributed by atoms with Crippen molar-refractivity contribution in [3.63, 3.8) is 0 Å². The zero-order chi connectivity index (χ0) is 15.2. The highest BCUT2D eigenvalue weighted by molar-refractivity contribution is 7.87. The lowest BCUT2D eigenvalue weighted by atomic mass is 9.95. The molecule has 0 saturated heterocycles. The third kappa shape index (κ3) is 5.13. The van der Waals surface area contributed by atoms with E-state index in [-0.39, 0.29) is 0 Å². The van der Waals surface area contributed by atoms with Gasteiger partial charge in [-0.05, 0) is 36.0 Å². The Labute approximate surface area is 122 Å². The lowest BCUT2D eigenvalue weighted by molar-refractivity contribution is 0.489. The van der Waals surface area contributed by atoms with E-state index in [2.05, 4.69) is 37.6 Å². The molecule has 0 heterocycles. The lowest BCUT2D eigenvalue weighted by Gasteiger charge is -2.17. The van der Waals surface area contributed by atoms with Gasteiger partial charge in [0.15, 0.2) is 0 Å². The maximum Gasteiger partial charge on any atom is 0.357 e. The summed E-state index contributed by atoms with van der Waals surface area (Å²) in [5, 5.41) is 0. The zero-order valence-corrected chi connectivity index (χ0v) is 13.4. The summed E-state index contributed by atoms with van der Waals surface area (Å²) in [6.45, 7) is 6.25. The van der Waals surface area contributed by atoms with Crippen LogP contribution in [0.1, 0.15) is 56.7 Å². The van der Waals surface area contributed by atoms with Crippen LogP contribution in [0.5, 0.6) is 0 Å². The first-order chi connectivity index (χ1) is 9.41. The van der Waals surface area contributed by atoms with Crippen LogP contribution in [0.15, 0.2) is 12.1 Å². The topological polar surface area (TPSA) is 66.4 Å². The van der Waals surface area contributed by atoms with Crippen molar-refractivity contribution in [2.75, 3.05) is 4.72 Å². The first-order valence-corrected chi connectivity index (χ1v) is 8.75. The molecule has 114 valence electrons. The van der Waals surface area contributed by atoms with Gasteiger partial charge in [0.25, 0.3) is 0 Å². The predicted octanol–water partition coefficient (Wildman–Crippen LogP) is 3.76. The van der Waals surface area contributed by atoms with Crippen LogP contribution in [0.25, 0.3) is 0 Å². The Morgan fingerprint density at radius 2 is 1.40 bits per heavy atom. The van der Waals surface area contributed by atoms with Crippen LogP contribution in [-0.2, 0) is 29.6 Å². The molecule has 0 fully saturated rings. The molecule has 0 aromatic heterocycles. The molecule has 0 unspecified atom stereocenters. The summed E-state index contributed by atoms with van der Waals surface area (Å²) in [6, 6.07) is 4.11. The SMILES string of the molecule is CCCc1cc(CCC)c(NS(=O)(=O)O)c(CCC)c1. The fourth-order valence-corrected chi connectivity index (χ4v) is 2.99. The highest BCUT2D eigenvalue weighted by atomic mass is 32.2. The maximum atomic E-state index is 11.2. The van der Waals surface area contributed by atoms with Crippen molar-refractivity contribution in [1.82, 2.24) is 0 Å². The van der Waals surface area contributed by atoms with Crippen LogP contribution in [0.4, 0.5) is 5.69 Å². The van der Waals surface area contributed by atoms with Crippen LogP contribution in [0, 0.1) is 0 Å². The van der Waals surface area contributed by atoms with Crippen molar-refractivity contribution in [3.8, 4) is 0 Å². The second kappa shape index (κ2) is 7.64. The van der Waals surface area contributed by atoms with E-state index < -0.39 is 10.3 Å². The van der Waals surface area contributed by atoms with E-state index >= 15 is 0 Å². The maximum absolute atomic E-state index is 11.2. The third-order valence-electron chi connectivity index (χ3n) is 3.17. The molecule has 2 N–H and O–H groups in total. The molecular formula is C15H25NO3S. The van der Waals surface area contributed by atoms with E-state index in [1.165, 1.54) is 5.56 Å². The first-order valence-electron chi connectivity index (χ1n) is 7.31. The number of benzene rings is 1. The van der Waals surface area contributed by atoms with Crippen LogP contribution in [0.3, 0.4) is 0 Å². The highest BCUT2D eigenvalue weighted by Gasteiger charge is 2.14. The van der Waals surface area contributed by atoms with Crippen molar-refractivity contribution >= 4 is 16.0 Å². The molecule has 0 aliphatic carbocycles. The number of hydrogen-bond donors (Lipinski definition) is 2. The van der Waals surface area contributed by atoms with Gasteiger partial charge in [-0.15, -0.1) is 0 Å². The van der Waals surface area contributed by atoms with Crippen molar-refractivity contribution < 1.29 is 13.0 Å². The molecule has 0 aliphatic heterocycles. The van der Waals surface area contributed by atoms with Crippen molar-refractivity contribution in [1.29, 1.82) is 0 Å². The molecule has 1 rings (SSSR count). The van der Waals surface area contributed by atoms with Gasteiger partial charge in [-0.3, -0.25) is 9.27 Å². The Bertz CT molecular complexity index is 511. The van der Waals surface area contributed by atoms with Crippen LogP contribution < -0.4 is 4.72 Å². The average molecular weight is 299 g/mol. The van der Waals surface area contributed by atoms with Gasteiger partial charge in [-0.25, -0.2) is 0 Å². The van der Waals surface area contributed by atoms with E-state index in [4.69, 9.17) is 4.55 Å². The van der Waals surface area contributed by atoms with Crippen molar-refractivity contribution in [3.05, 3.63) is 28.8 Å². The van der Waals surface area contributed by atoms with Crippen LogP contribution in [0.2, 0.25) is 0 Å². The largest absolute Gasteiger partial charge is 0.357 e. The van der Waals surface area contributed by atoms with Gasteiger partial charge in [0.05, 0.1) is 5.69 Å². The fourth-order valence-electron chi connectivity index (χ4n) is 2.47. The molecule has 1 aromatic rings. The van der Waals surface area contributed by atoms with E-state index in [1.54, 1.807) is 0 Å². The highest BCUT2D eigenvalue weighted by Crippen LogP contribution is 2.27. The summed E-state index contributed by atoms with van der Waals surface area (Å²) in [4.78, 5) is 0. The van der Waals surface area contributed by atoms with Gasteiger partial charge in [-0.2, -0.15) is 8.42 Å². The monoisotopic (exact) mass is 299 g/mol. The van der Waals surface area contributed by atoms with Crippen LogP contribution in [-0.4, -0.2) is 13.0 Å². The second-order valence-electron chi connectivity index (χ2n) is 5.12. The number of aryl methyl sites for hydroxylation is 3. The van der Waals surface area contributed by atoms with E-state index in [9.17, 15) is 8.42 Å². The van der Waals surface area contributed by atoms with Gasteiger partial charge in [0.1, 0.15) is 0 Å². The molecule has 0 amide bonds. The summed E-state index contributed by atoms with van der Waals surface area (Å²) in [7, 11) is -4.23. The lowest BCUT2D eigenvalue weighted by Crippen LogP contribution is -2.14. The number of hydrogen-bond acceptors (Lipinski definition) is 2. The molecule has 4 nitrogen and oxygen atoms in total. The Kier molecular flexibility index (Phi) is 6.49. The summed E-state index contributed by atoms with van der Waals surface area (Å²) in [6.07, 6.45) is 5.50. The van der Waals surface area contributed by atoms with Gasteiger partial charge in [0, 0.05) is 0 Å². The van der Waals surface area contributed by atoms with Gasteiger partial charge in [0.2, 0.25) is 0 Å². The minimum Gasteiger partial charge on any atom is -0.269 e. The minimum atomic E-state index is -4.23. The Morgan fingerprint density at radius 3 is 1.75 bits per heavy atom. The summed E-state index contributed by atoms with van der Waals surface area (Å²) >= 11 is 0. The molecule has 0 atom stereocenters. The second-order valence-corrected chi connectivity index (χ2v) is 6.27. The molecule has 0 radical (unpaired) electrons. The Hall–Kier alpha value is -1.07. The van der Waals surface area contributed by atoms with E-state index in [0.717, 1.165) is 49.7 Å². The van der Waals surface area contributed by atoms with Crippen molar-refractivity contribution in [2.24, 2.45) is 0 Å². The Balaban J connectivity index is 3.33. The first kappa shape index (κ1) is 17.0. The molecule has 0 saturated carbocycles. The molecule has 0 aliphatic rings. The predicted molar refractivity (Wildman–Crippen MR) is 83.6 cm³/mol. The van der Waals surface area contributed by atoms with Crippen LogP contribution >= 0.6 is 0 Å². The summed E-state index contributed by atoms with van der Waals surface area (Å²) < 4.78 is 33.7. The zero-order valence-electron chi connectivity index (χ0n) is 12.6. The Morgan fingerprint density at radius 1 is 0.950 bits per heavy atom. The van der Waals surface area contributed by atoms with Gasteiger partial charge < -0.3 is 0 Å². The summed E-state index contributed by atoms with van der Waals surface area (Å²) in [5.74, 6) is 0. The smallest absolute Gasteiger partial charge is 0.269 e. The third-order valence-corrected chi connectivity index (χ3v) is 3.63. The normalized spacial score (nSPS) is 11.6. The quantitative estimate of drug-likeness (QED) is 0.718. The van der Waals surface area contributed by atoms with Crippen molar-refractivity contribution in [2.45, 2.75) is 59.3 Å². The molecule has 1 aromatic carbocycles. The summed E-state index contributed by atoms with van der Waals surface area (Å²) in [5.41, 5.74) is 3.75. The minimum absolute atomic E-state index is 0.566. The number of rotatable bonds is 8. The molecule has 20 heavy (non-hydrogen) atoms. The number of nitrogens with one attached hydrogen (secondary N) is 1. The van der Waals surface area contributed by atoms with Gasteiger partial charge in [-0.1, -0.05) is 52.2 Å². The number of anilines is 1. The average Bonchev–Trinajstić information content (AvgIpc) is 2.33. The molecule has 0 spiro atoms. The fraction of sp³-hybridized carbons (Fsp3) is 0.600. The standard InChI is InChI=1S/C15H25NO3S/c1-4-7-12-10-13(8-5-2)15(16-20(17,18)19)14(11-12)9-6-3/h10-11,16H,4-9H2,1-3H3,(H,17,18,19). The molecular weight excluding hydrogens is 274 g/mol. The van der Waals surface area contributed by atoms with Gasteiger partial charge >= 0.3 is 10.3 Å². The van der Waals surface area contributed by atoms with E-state index in [0.29, 0.717) is 5.69 Å². The van der Waals surface area contributed by atoms with E-state index in [1.807, 2.05) is 0 Å². The molecule has 5 heteroatoms. The molecule has 0 bridgehead atoms.